The largest absolute Gasteiger partial charge is 0.489 e. The molecule has 1 amide bonds. The van der Waals surface area contributed by atoms with Crippen molar-refractivity contribution in [3.63, 3.8) is 0 Å². The average molecular weight is 531 g/mol. The first-order valence-corrected chi connectivity index (χ1v) is 12.2. The molecule has 2 aromatic rings. The number of carbonyl (C=O) groups excluding carboxylic acids is 3. The molecule has 0 aromatic heterocycles. The van der Waals surface area contributed by atoms with Crippen molar-refractivity contribution in [1.82, 2.24) is 10.6 Å². The molecule has 2 rings (SSSR count). The van der Waals surface area contributed by atoms with Crippen LogP contribution in [0, 0.1) is 0 Å². The van der Waals surface area contributed by atoms with Gasteiger partial charge in [0.25, 0.3) is 0 Å². The Morgan fingerprint density at radius 3 is 2.14 bits per heavy atom. The molecular formula is C27H34N2O7S. The molecule has 0 aliphatic carbocycles. The molecule has 0 aliphatic rings. The first-order chi connectivity index (χ1) is 17.5. The van der Waals surface area contributed by atoms with E-state index in [1.807, 2.05) is 42.5 Å². The lowest BCUT2D eigenvalue weighted by Crippen LogP contribution is -2.55. The van der Waals surface area contributed by atoms with Crippen LogP contribution in [0.3, 0.4) is 0 Å². The zero-order valence-electron chi connectivity index (χ0n) is 21.7. The molecule has 2 N–H and O–H groups in total. The fraction of sp³-hybridized carbons (Fsp3) is 0.407. The van der Waals surface area contributed by atoms with E-state index < -0.39 is 35.7 Å². The zero-order valence-corrected chi connectivity index (χ0v) is 22.6. The number of esters is 2. The highest BCUT2D eigenvalue weighted by Gasteiger charge is 2.32. The molecule has 0 saturated heterocycles. The topological polar surface area (TPSA) is 112 Å². The van der Waals surface area contributed by atoms with Crippen molar-refractivity contribution in [3.05, 3.63) is 65.7 Å². The number of benzene rings is 2. The van der Waals surface area contributed by atoms with E-state index in [-0.39, 0.29) is 18.0 Å². The third kappa shape index (κ3) is 10.5. The Balaban J connectivity index is 2.09. The Kier molecular flexibility index (Phi) is 11.3. The Hall–Kier alpha value is -3.66. The van der Waals surface area contributed by atoms with Gasteiger partial charge in [-0.3, -0.25) is 0 Å². The quantitative estimate of drug-likeness (QED) is 0.255. The van der Waals surface area contributed by atoms with Gasteiger partial charge in [-0.1, -0.05) is 54.7 Å². The average Bonchev–Trinajstić information content (AvgIpc) is 2.85. The van der Waals surface area contributed by atoms with Crippen molar-refractivity contribution >= 4 is 35.2 Å². The van der Waals surface area contributed by atoms with Gasteiger partial charge in [-0.05, 0) is 51.0 Å². The van der Waals surface area contributed by atoms with Crippen molar-refractivity contribution in [2.45, 2.75) is 58.4 Å². The lowest BCUT2D eigenvalue weighted by molar-refractivity contribution is -0.144. The summed E-state index contributed by atoms with van der Waals surface area (Å²) in [6.45, 7) is 7.20. The summed E-state index contributed by atoms with van der Waals surface area (Å²) in [5, 5.41) is 5.25. The molecule has 0 aliphatic heterocycles. The summed E-state index contributed by atoms with van der Waals surface area (Å²) in [4.78, 5) is 37.2. The second-order valence-corrected chi connectivity index (χ2v) is 9.48. The molecule has 2 aromatic carbocycles. The molecule has 2 atom stereocenters. The van der Waals surface area contributed by atoms with Crippen LogP contribution in [0.2, 0.25) is 0 Å². The van der Waals surface area contributed by atoms with E-state index in [1.54, 1.807) is 39.8 Å². The Morgan fingerprint density at radius 2 is 1.57 bits per heavy atom. The summed E-state index contributed by atoms with van der Waals surface area (Å²) in [6.07, 6.45) is -0.649. The van der Waals surface area contributed by atoms with Gasteiger partial charge in [-0.2, -0.15) is 0 Å². The summed E-state index contributed by atoms with van der Waals surface area (Å²) in [6, 6.07) is 14.8. The summed E-state index contributed by atoms with van der Waals surface area (Å²) in [5.74, 6) is -0.698. The molecule has 200 valence electrons. The first kappa shape index (κ1) is 29.6. The summed E-state index contributed by atoms with van der Waals surface area (Å²) >= 11 is 5.38. The van der Waals surface area contributed by atoms with Crippen LogP contribution in [0.15, 0.2) is 54.6 Å². The molecule has 0 radical (unpaired) electrons. The van der Waals surface area contributed by atoms with Crippen LogP contribution >= 0.6 is 12.2 Å². The predicted molar refractivity (Wildman–Crippen MR) is 142 cm³/mol. The molecular weight excluding hydrogens is 496 g/mol. The molecule has 0 saturated carbocycles. The minimum absolute atomic E-state index is 0.0765. The molecule has 0 spiro atoms. The van der Waals surface area contributed by atoms with Gasteiger partial charge in [-0.25, -0.2) is 14.4 Å². The van der Waals surface area contributed by atoms with Crippen molar-refractivity contribution < 1.29 is 33.3 Å². The number of amides is 1. The van der Waals surface area contributed by atoms with E-state index in [9.17, 15) is 14.4 Å². The number of alkyl carbamates (subject to hydrolysis) is 1. The van der Waals surface area contributed by atoms with Gasteiger partial charge in [0.05, 0.1) is 13.7 Å². The second-order valence-electron chi connectivity index (χ2n) is 9.04. The highest BCUT2D eigenvalue weighted by Crippen LogP contribution is 2.16. The van der Waals surface area contributed by atoms with Crippen LogP contribution in [0.5, 0.6) is 5.75 Å². The normalized spacial score (nSPS) is 12.5. The lowest BCUT2D eigenvalue weighted by Gasteiger charge is -2.25. The van der Waals surface area contributed by atoms with Crippen LogP contribution in [0.25, 0.3) is 0 Å². The third-order valence-corrected chi connectivity index (χ3v) is 5.21. The first-order valence-electron chi connectivity index (χ1n) is 11.8. The van der Waals surface area contributed by atoms with Gasteiger partial charge >= 0.3 is 18.0 Å². The summed E-state index contributed by atoms with van der Waals surface area (Å²) in [5.41, 5.74) is 1.06. The summed E-state index contributed by atoms with van der Waals surface area (Å²) in [7, 11) is 1.25. The molecule has 9 nitrogen and oxygen atoms in total. The highest BCUT2D eigenvalue weighted by molar-refractivity contribution is 7.80. The van der Waals surface area contributed by atoms with Gasteiger partial charge < -0.3 is 29.6 Å². The second kappa shape index (κ2) is 14.2. The lowest BCUT2D eigenvalue weighted by atomic mass is 10.1. The number of carbonyl (C=O) groups is 3. The van der Waals surface area contributed by atoms with Gasteiger partial charge in [0.15, 0.2) is 6.04 Å². The maximum atomic E-state index is 12.5. The SMILES string of the molecule is CCOC(=O)[C@H](NC(=O)OC(C)(C)C)C(=S)N[C@@H](Cc1ccc(OCc2ccccc2)cc1)C(=O)OC. The number of nitrogens with one attached hydrogen (secondary N) is 2. The number of rotatable bonds is 11. The molecule has 0 heterocycles. The van der Waals surface area contributed by atoms with E-state index in [4.69, 9.17) is 31.2 Å². The monoisotopic (exact) mass is 530 g/mol. The predicted octanol–water partition coefficient (Wildman–Crippen LogP) is 3.72. The van der Waals surface area contributed by atoms with E-state index in [0.717, 1.165) is 11.1 Å². The van der Waals surface area contributed by atoms with Crippen LogP contribution in [0.4, 0.5) is 4.79 Å². The van der Waals surface area contributed by atoms with Crippen LogP contribution in [-0.4, -0.2) is 54.4 Å². The van der Waals surface area contributed by atoms with E-state index in [1.165, 1.54) is 7.11 Å². The number of ether oxygens (including phenoxy) is 4. The van der Waals surface area contributed by atoms with Crippen molar-refractivity contribution in [3.8, 4) is 5.75 Å². The standard InChI is InChI=1S/C27H34N2O7S/c1-6-34-25(31)22(29-26(32)36-27(2,3)4)23(37)28-21(24(30)33-5)16-18-12-14-20(15-13-18)35-17-19-10-8-7-9-11-19/h7-15,21-22H,6,16-17H2,1-5H3,(H,28,37)(H,29,32)/t21-,22+/m0/s1. The van der Waals surface area contributed by atoms with Crippen LogP contribution < -0.4 is 15.4 Å². The maximum Gasteiger partial charge on any atom is 0.408 e. The molecule has 10 heteroatoms. The minimum Gasteiger partial charge on any atom is -0.489 e. The fourth-order valence-electron chi connectivity index (χ4n) is 3.17. The van der Waals surface area contributed by atoms with E-state index in [2.05, 4.69) is 10.6 Å². The number of hydrogen-bond donors (Lipinski definition) is 2. The minimum atomic E-state index is -1.36. The van der Waals surface area contributed by atoms with Gasteiger partial charge in [0.2, 0.25) is 0 Å². The van der Waals surface area contributed by atoms with Gasteiger partial charge in [-0.15, -0.1) is 0 Å². The highest BCUT2D eigenvalue weighted by atomic mass is 32.1. The number of hydrogen-bond acceptors (Lipinski definition) is 8. The van der Waals surface area contributed by atoms with Gasteiger partial charge in [0, 0.05) is 6.42 Å². The number of methoxy groups -OCH3 is 1. The number of thiocarbonyl (C=S) groups is 1. The van der Waals surface area contributed by atoms with Crippen molar-refractivity contribution in [1.29, 1.82) is 0 Å². The van der Waals surface area contributed by atoms with Crippen molar-refractivity contribution in [2.75, 3.05) is 13.7 Å². The Bertz CT molecular complexity index is 1050. The van der Waals surface area contributed by atoms with Crippen molar-refractivity contribution in [2.24, 2.45) is 0 Å². The Labute approximate surface area is 222 Å². The maximum absolute atomic E-state index is 12.5. The fourth-order valence-corrected chi connectivity index (χ4v) is 3.47. The molecule has 0 bridgehead atoms. The van der Waals surface area contributed by atoms with Gasteiger partial charge in [0.1, 0.15) is 29.0 Å². The van der Waals surface area contributed by atoms with Crippen LogP contribution in [-0.2, 0) is 36.8 Å². The molecule has 0 fully saturated rings. The molecule has 0 unspecified atom stereocenters. The Morgan fingerprint density at radius 1 is 0.919 bits per heavy atom. The smallest absolute Gasteiger partial charge is 0.408 e. The summed E-state index contributed by atoms with van der Waals surface area (Å²) < 4.78 is 21.0. The van der Waals surface area contributed by atoms with E-state index >= 15 is 0 Å². The van der Waals surface area contributed by atoms with Crippen LogP contribution in [0.1, 0.15) is 38.8 Å². The molecule has 37 heavy (non-hydrogen) atoms. The zero-order chi connectivity index (χ0) is 27.4. The van der Waals surface area contributed by atoms with E-state index in [0.29, 0.717) is 12.4 Å². The third-order valence-electron chi connectivity index (χ3n) is 4.86.